The average molecular weight is 647 g/mol. The van der Waals surface area contributed by atoms with Gasteiger partial charge in [-0.15, -0.1) is 0 Å². The number of carbonyl (C=O) groups is 1. The van der Waals surface area contributed by atoms with Crippen molar-refractivity contribution in [3.8, 4) is 11.5 Å². The van der Waals surface area contributed by atoms with Crippen LogP contribution in [0.2, 0.25) is 5.02 Å². The SMILES string of the molecule is COc1ccc(C(=O)N/N=C\c2cc(I)c(OCc3ccccc3Cl)c(I)c2)cc1. The fourth-order valence-corrected chi connectivity index (χ4v) is 4.85. The molecule has 0 aromatic heterocycles. The van der Waals surface area contributed by atoms with Crippen molar-refractivity contribution in [1.82, 2.24) is 5.43 Å². The Morgan fingerprint density at radius 1 is 1.10 bits per heavy atom. The molecule has 154 valence electrons. The summed E-state index contributed by atoms with van der Waals surface area (Å²) in [5.74, 6) is 1.18. The number of carbonyl (C=O) groups excluding carboxylic acids is 1. The molecule has 5 nitrogen and oxygen atoms in total. The van der Waals surface area contributed by atoms with Crippen molar-refractivity contribution in [2.75, 3.05) is 7.11 Å². The van der Waals surface area contributed by atoms with Gasteiger partial charge in [-0.05, 0) is 93.2 Å². The highest BCUT2D eigenvalue weighted by atomic mass is 127. The standard InChI is InChI=1S/C22H17ClI2N2O3/c1-29-17-8-6-15(7-9-17)22(28)27-26-12-14-10-19(24)21(20(25)11-14)30-13-16-4-2-3-5-18(16)23/h2-12H,13H2,1H3,(H,27,28)/b26-12-. The molecule has 0 aliphatic heterocycles. The lowest BCUT2D eigenvalue weighted by molar-refractivity contribution is 0.0955. The first kappa shape index (κ1) is 22.8. The molecule has 3 rings (SSSR count). The van der Waals surface area contributed by atoms with Gasteiger partial charge < -0.3 is 9.47 Å². The number of nitrogens with one attached hydrogen (secondary N) is 1. The van der Waals surface area contributed by atoms with E-state index in [2.05, 4.69) is 55.7 Å². The molecular formula is C22H17ClI2N2O3. The number of hydrogen-bond acceptors (Lipinski definition) is 4. The van der Waals surface area contributed by atoms with E-state index in [9.17, 15) is 4.79 Å². The summed E-state index contributed by atoms with van der Waals surface area (Å²) in [6.07, 6.45) is 1.60. The number of rotatable bonds is 7. The number of amides is 1. The maximum Gasteiger partial charge on any atom is 0.271 e. The van der Waals surface area contributed by atoms with Crippen LogP contribution in [0.25, 0.3) is 0 Å². The smallest absolute Gasteiger partial charge is 0.271 e. The zero-order valence-corrected chi connectivity index (χ0v) is 20.9. The van der Waals surface area contributed by atoms with E-state index in [0.717, 1.165) is 24.0 Å². The summed E-state index contributed by atoms with van der Waals surface area (Å²) < 4.78 is 13.0. The molecule has 0 saturated heterocycles. The molecule has 0 fully saturated rings. The average Bonchev–Trinajstić information content (AvgIpc) is 2.74. The molecule has 0 bridgehead atoms. The second-order valence-electron chi connectivity index (χ2n) is 6.12. The minimum absolute atomic E-state index is 0.294. The van der Waals surface area contributed by atoms with Crippen molar-refractivity contribution in [1.29, 1.82) is 0 Å². The lowest BCUT2D eigenvalue weighted by Crippen LogP contribution is -2.17. The van der Waals surface area contributed by atoms with E-state index in [1.807, 2.05) is 36.4 Å². The summed E-state index contributed by atoms with van der Waals surface area (Å²) >= 11 is 10.6. The Bertz CT molecular complexity index is 1050. The van der Waals surface area contributed by atoms with E-state index in [0.29, 0.717) is 22.9 Å². The zero-order chi connectivity index (χ0) is 21.5. The highest BCUT2D eigenvalue weighted by Gasteiger charge is 2.10. The van der Waals surface area contributed by atoms with E-state index in [1.165, 1.54) is 0 Å². The molecule has 0 radical (unpaired) electrons. The Morgan fingerprint density at radius 2 is 1.77 bits per heavy atom. The van der Waals surface area contributed by atoms with Gasteiger partial charge in [-0.3, -0.25) is 4.79 Å². The minimum Gasteiger partial charge on any atom is -0.497 e. The lowest BCUT2D eigenvalue weighted by atomic mass is 10.2. The highest BCUT2D eigenvalue weighted by Crippen LogP contribution is 2.30. The van der Waals surface area contributed by atoms with Gasteiger partial charge in [0.25, 0.3) is 5.91 Å². The molecule has 30 heavy (non-hydrogen) atoms. The number of halogens is 3. The maximum atomic E-state index is 12.2. The van der Waals surface area contributed by atoms with Crippen LogP contribution < -0.4 is 14.9 Å². The van der Waals surface area contributed by atoms with Gasteiger partial charge in [-0.1, -0.05) is 29.8 Å². The summed E-state index contributed by atoms with van der Waals surface area (Å²) in [5, 5.41) is 4.74. The fourth-order valence-electron chi connectivity index (χ4n) is 2.53. The molecule has 3 aromatic rings. The second-order valence-corrected chi connectivity index (χ2v) is 8.85. The predicted molar refractivity (Wildman–Crippen MR) is 136 cm³/mol. The first-order chi connectivity index (χ1) is 14.5. The number of hydrogen-bond donors (Lipinski definition) is 1. The first-order valence-electron chi connectivity index (χ1n) is 8.80. The van der Waals surface area contributed by atoms with Gasteiger partial charge in [0.2, 0.25) is 0 Å². The predicted octanol–water partition coefficient (Wildman–Crippen LogP) is 5.90. The van der Waals surface area contributed by atoms with Crippen molar-refractivity contribution < 1.29 is 14.3 Å². The van der Waals surface area contributed by atoms with Gasteiger partial charge in [-0.25, -0.2) is 5.43 Å². The third-order valence-electron chi connectivity index (χ3n) is 4.08. The topological polar surface area (TPSA) is 59.9 Å². The molecular weight excluding hydrogens is 630 g/mol. The molecule has 0 saturated carbocycles. The largest absolute Gasteiger partial charge is 0.497 e. The van der Waals surface area contributed by atoms with Crippen LogP contribution in [-0.2, 0) is 6.61 Å². The molecule has 1 amide bonds. The molecule has 8 heteroatoms. The second kappa shape index (κ2) is 11.0. The Balaban J connectivity index is 1.64. The first-order valence-corrected chi connectivity index (χ1v) is 11.3. The van der Waals surface area contributed by atoms with Crippen molar-refractivity contribution in [2.24, 2.45) is 5.10 Å². The quantitative estimate of drug-likeness (QED) is 0.198. The Morgan fingerprint density at radius 3 is 2.40 bits per heavy atom. The summed E-state index contributed by atoms with van der Waals surface area (Å²) in [5.41, 5.74) is 4.81. The lowest BCUT2D eigenvalue weighted by Gasteiger charge is -2.12. The van der Waals surface area contributed by atoms with Gasteiger partial charge in [0, 0.05) is 16.1 Å². The van der Waals surface area contributed by atoms with Crippen LogP contribution in [0.4, 0.5) is 0 Å². The molecule has 0 aliphatic rings. The molecule has 3 aromatic carbocycles. The van der Waals surface area contributed by atoms with Gasteiger partial charge in [-0.2, -0.15) is 5.10 Å². The van der Waals surface area contributed by atoms with Crippen LogP contribution >= 0.6 is 56.8 Å². The number of nitrogens with zero attached hydrogens (tertiary/aromatic N) is 1. The minimum atomic E-state index is -0.294. The van der Waals surface area contributed by atoms with Gasteiger partial charge in [0.05, 0.1) is 20.5 Å². The Labute approximate surface area is 207 Å². The fraction of sp³-hybridized carbons (Fsp3) is 0.0909. The van der Waals surface area contributed by atoms with Crippen LogP contribution in [0.1, 0.15) is 21.5 Å². The summed E-state index contributed by atoms with van der Waals surface area (Å²) in [6.45, 7) is 0.386. The number of hydrazone groups is 1. The Kier molecular flexibility index (Phi) is 8.34. The van der Waals surface area contributed by atoms with E-state index >= 15 is 0 Å². The maximum absolute atomic E-state index is 12.2. The van der Waals surface area contributed by atoms with Crippen LogP contribution in [0.15, 0.2) is 65.8 Å². The van der Waals surface area contributed by atoms with E-state index in [1.54, 1.807) is 37.6 Å². The van der Waals surface area contributed by atoms with Crippen LogP contribution in [0.5, 0.6) is 11.5 Å². The molecule has 0 aliphatic carbocycles. The van der Waals surface area contributed by atoms with Crippen molar-refractivity contribution in [3.63, 3.8) is 0 Å². The van der Waals surface area contributed by atoms with E-state index < -0.39 is 0 Å². The zero-order valence-electron chi connectivity index (χ0n) is 15.9. The third kappa shape index (κ3) is 6.08. The van der Waals surface area contributed by atoms with Crippen LogP contribution in [0, 0.1) is 7.14 Å². The molecule has 0 atom stereocenters. The molecule has 1 N–H and O–H groups in total. The van der Waals surface area contributed by atoms with Crippen LogP contribution in [-0.4, -0.2) is 19.2 Å². The highest BCUT2D eigenvalue weighted by molar-refractivity contribution is 14.1. The van der Waals surface area contributed by atoms with Gasteiger partial charge >= 0.3 is 0 Å². The number of ether oxygens (including phenoxy) is 2. The molecule has 0 heterocycles. The van der Waals surface area contributed by atoms with Gasteiger partial charge in [0.1, 0.15) is 18.1 Å². The number of benzene rings is 3. The Hall–Kier alpha value is -1.85. The van der Waals surface area contributed by atoms with E-state index in [-0.39, 0.29) is 5.91 Å². The third-order valence-corrected chi connectivity index (χ3v) is 6.05. The molecule has 0 unspecified atom stereocenters. The summed E-state index contributed by atoms with van der Waals surface area (Å²) in [6, 6.07) is 18.3. The summed E-state index contributed by atoms with van der Waals surface area (Å²) in [4.78, 5) is 12.2. The number of methoxy groups -OCH3 is 1. The van der Waals surface area contributed by atoms with Crippen molar-refractivity contribution in [2.45, 2.75) is 6.61 Å². The van der Waals surface area contributed by atoms with Gasteiger partial charge in [0.15, 0.2) is 0 Å². The van der Waals surface area contributed by atoms with Crippen molar-refractivity contribution in [3.05, 3.63) is 89.5 Å². The summed E-state index contributed by atoms with van der Waals surface area (Å²) in [7, 11) is 1.58. The van der Waals surface area contributed by atoms with Crippen molar-refractivity contribution >= 4 is 68.9 Å². The molecule has 0 spiro atoms. The monoisotopic (exact) mass is 646 g/mol. The van der Waals surface area contributed by atoms with E-state index in [4.69, 9.17) is 21.1 Å². The van der Waals surface area contributed by atoms with Crippen LogP contribution in [0.3, 0.4) is 0 Å². The normalized spacial score (nSPS) is 10.8.